The number of benzene rings is 2. The Morgan fingerprint density at radius 3 is 2.08 bits per heavy atom. The first-order valence-electron chi connectivity index (χ1n) is 13.6. The Kier molecular flexibility index (Phi) is 12.6. The van der Waals surface area contributed by atoms with E-state index in [2.05, 4.69) is 52.0 Å². The number of carbonyl (C=O) groups is 2. The SMILES string of the molecule is CCCCCCCN(Cc1ccc(C(C)(C)C)cc1)C(=O)COc1ccc(C[C@H](OCC)C(=O)O)cc1. The predicted molar refractivity (Wildman–Crippen MR) is 148 cm³/mol. The average molecular weight is 512 g/mol. The number of carbonyl (C=O) groups excluding carboxylic acids is 1. The number of hydrogen-bond donors (Lipinski definition) is 1. The van der Waals surface area contributed by atoms with Crippen molar-refractivity contribution in [1.82, 2.24) is 4.90 Å². The second-order valence-electron chi connectivity index (χ2n) is 10.6. The van der Waals surface area contributed by atoms with E-state index < -0.39 is 12.1 Å². The van der Waals surface area contributed by atoms with Gasteiger partial charge < -0.3 is 19.5 Å². The van der Waals surface area contributed by atoms with E-state index >= 15 is 0 Å². The van der Waals surface area contributed by atoms with Crippen LogP contribution in [0.15, 0.2) is 48.5 Å². The zero-order valence-corrected chi connectivity index (χ0v) is 23.3. The summed E-state index contributed by atoms with van der Waals surface area (Å²) in [6, 6.07) is 15.7. The summed E-state index contributed by atoms with van der Waals surface area (Å²) >= 11 is 0. The monoisotopic (exact) mass is 511 g/mol. The maximum absolute atomic E-state index is 13.1. The molecule has 1 amide bonds. The highest BCUT2D eigenvalue weighted by atomic mass is 16.5. The maximum atomic E-state index is 13.1. The molecule has 0 aliphatic rings. The van der Waals surface area contributed by atoms with Gasteiger partial charge in [0.2, 0.25) is 0 Å². The third kappa shape index (κ3) is 11.0. The molecule has 0 saturated heterocycles. The van der Waals surface area contributed by atoms with Crippen molar-refractivity contribution in [2.45, 2.75) is 91.2 Å². The van der Waals surface area contributed by atoms with E-state index in [9.17, 15) is 14.7 Å². The Morgan fingerprint density at radius 1 is 0.892 bits per heavy atom. The highest BCUT2D eigenvalue weighted by Gasteiger charge is 2.19. The molecule has 37 heavy (non-hydrogen) atoms. The molecular formula is C31H45NO5. The second kappa shape index (κ2) is 15.4. The van der Waals surface area contributed by atoms with Gasteiger partial charge in [-0.2, -0.15) is 0 Å². The number of carboxylic acid groups (broad SMARTS) is 1. The van der Waals surface area contributed by atoms with E-state index in [1.165, 1.54) is 24.8 Å². The van der Waals surface area contributed by atoms with Crippen LogP contribution in [-0.2, 0) is 32.7 Å². The first-order chi connectivity index (χ1) is 17.6. The lowest BCUT2D eigenvalue weighted by Gasteiger charge is -2.24. The van der Waals surface area contributed by atoms with E-state index in [0.29, 0.717) is 25.4 Å². The predicted octanol–water partition coefficient (Wildman–Crippen LogP) is 6.39. The van der Waals surface area contributed by atoms with Gasteiger partial charge in [-0.3, -0.25) is 4.79 Å². The Labute approximate surface area is 223 Å². The maximum Gasteiger partial charge on any atom is 0.333 e. The zero-order chi connectivity index (χ0) is 27.3. The summed E-state index contributed by atoms with van der Waals surface area (Å²) in [4.78, 5) is 26.4. The zero-order valence-electron chi connectivity index (χ0n) is 23.3. The van der Waals surface area contributed by atoms with E-state index in [1.54, 1.807) is 19.1 Å². The number of rotatable bonds is 16. The van der Waals surface area contributed by atoms with Crippen molar-refractivity contribution < 1.29 is 24.2 Å². The van der Waals surface area contributed by atoms with Crippen molar-refractivity contribution in [1.29, 1.82) is 0 Å². The van der Waals surface area contributed by atoms with Crippen LogP contribution in [0.2, 0.25) is 0 Å². The van der Waals surface area contributed by atoms with Crippen molar-refractivity contribution in [3.8, 4) is 5.75 Å². The van der Waals surface area contributed by atoms with Crippen LogP contribution in [-0.4, -0.2) is 47.7 Å². The topological polar surface area (TPSA) is 76.1 Å². The van der Waals surface area contributed by atoms with Crippen LogP contribution in [0.1, 0.15) is 83.4 Å². The molecule has 2 aromatic rings. The van der Waals surface area contributed by atoms with Gasteiger partial charge in [0.25, 0.3) is 5.91 Å². The summed E-state index contributed by atoms with van der Waals surface area (Å²) in [6.07, 6.45) is 5.10. The number of carboxylic acids is 1. The van der Waals surface area contributed by atoms with E-state index in [-0.39, 0.29) is 24.3 Å². The highest BCUT2D eigenvalue weighted by molar-refractivity contribution is 5.77. The molecule has 2 aromatic carbocycles. The molecule has 0 aliphatic carbocycles. The third-order valence-corrected chi connectivity index (χ3v) is 6.43. The molecule has 6 nitrogen and oxygen atoms in total. The molecule has 204 valence electrons. The van der Waals surface area contributed by atoms with Gasteiger partial charge in [-0.1, -0.05) is 89.8 Å². The van der Waals surface area contributed by atoms with Crippen LogP contribution >= 0.6 is 0 Å². The highest BCUT2D eigenvalue weighted by Crippen LogP contribution is 2.23. The number of hydrogen-bond acceptors (Lipinski definition) is 4. The van der Waals surface area contributed by atoms with Crippen LogP contribution in [0.25, 0.3) is 0 Å². The van der Waals surface area contributed by atoms with Crippen LogP contribution in [0, 0.1) is 0 Å². The van der Waals surface area contributed by atoms with Crippen molar-refractivity contribution in [2.24, 2.45) is 0 Å². The lowest BCUT2D eigenvalue weighted by Crippen LogP contribution is -2.35. The second-order valence-corrected chi connectivity index (χ2v) is 10.6. The summed E-state index contributed by atoms with van der Waals surface area (Å²) in [6.45, 7) is 12.1. The molecule has 0 aromatic heterocycles. The Hall–Kier alpha value is -2.86. The molecular weight excluding hydrogens is 466 g/mol. The number of aliphatic carboxylic acids is 1. The summed E-state index contributed by atoms with van der Waals surface area (Å²) in [5.74, 6) is -0.435. The van der Waals surface area contributed by atoms with Gasteiger partial charge in [0.1, 0.15) is 5.75 Å². The van der Waals surface area contributed by atoms with Gasteiger partial charge in [-0.15, -0.1) is 0 Å². The lowest BCUT2D eigenvalue weighted by molar-refractivity contribution is -0.150. The minimum absolute atomic E-state index is 0.0366. The number of ether oxygens (including phenoxy) is 2. The minimum atomic E-state index is -0.976. The molecule has 1 N–H and O–H groups in total. The Bertz CT molecular complexity index is 947. The van der Waals surface area contributed by atoms with Crippen LogP contribution < -0.4 is 4.74 Å². The molecule has 1 atom stereocenters. The first kappa shape index (κ1) is 30.4. The van der Waals surface area contributed by atoms with Crippen LogP contribution in [0.4, 0.5) is 0 Å². The summed E-state index contributed by atoms with van der Waals surface area (Å²) < 4.78 is 11.1. The third-order valence-electron chi connectivity index (χ3n) is 6.43. The minimum Gasteiger partial charge on any atom is -0.484 e. The summed E-state index contributed by atoms with van der Waals surface area (Å²) in [5, 5.41) is 9.28. The van der Waals surface area contributed by atoms with Gasteiger partial charge in [0.05, 0.1) is 0 Å². The fourth-order valence-corrected chi connectivity index (χ4v) is 4.12. The smallest absolute Gasteiger partial charge is 0.333 e. The summed E-state index contributed by atoms with van der Waals surface area (Å²) in [5.41, 5.74) is 3.32. The molecule has 0 heterocycles. The average Bonchev–Trinajstić information content (AvgIpc) is 2.86. The van der Waals surface area contributed by atoms with Crippen molar-refractivity contribution in [3.05, 3.63) is 65.2 Å². The Morgan fingerprint density at radius 2 is 1.51 bits per heavy atom. The van der Waals surface area contributed by atoms with Gasteiger partial charge in [0.15, 0.2) is 12.7 Å². The van der Waals surface area contributed by atoms with Gasteiger partial charge >= 0.3 is 5.97 Å². The van der Waals surface area contributed by atoms with Crippen LogP contribution in [0.3, 0.4) is 0 Å². The van der Waals surface area contributed by atoms with Gasteiger partial charge in [-0.25, -0.2) is 4.79 Å². The Balaban J connectivity index is 1.99. The van der Waals surface area contributed by atoms with Crippen molar-refractivity contribution >= 4 is 11.9 Å². The van der Waals surface area contributed by atoms with Crippen molar-refractivity contribution in [2.75, 3.05) is 19.8 Å². The van der Waals surface area contributed by atoms with Crippen LogP contribution in [0.5, 0.6) is 5.75 Å². The lowest BCUT2D eigenvalue weighted by atomic mass is 9.87. The van der Waals surface area contributed by atoms with Gasteiger partial charge in [0, 0.05) is 26.1 Å². The number of amides is 1. The molecule has 0 radical (unpaired) electrons. The van der Waals surface area contributed by atoms with Crippen molar-refractivity contribution in [3.63, 3.8) is 0 Å². The molecule has 0 spiro atoms. The molecule has 0 unspecified atom stereocenters. The quantitative estimate of drug-likeness (QED) is 0.264. The largest absolute Gasteiger partial charge is 0.484 e. The molecule has 6 heteroatoms. The fourth-order valence-electron chi connectivity index (χ4n) is 4.12. The van der Waals surface area contributed by atoms with E-state index in [1.807, 2.05) is 17.0 Å². The molecule has 0 aliphatic heterocycles. The molecule has 0 bridgehead atoms. The number of nitrogens with zero attached hydrogens (tertiary/aromatic N) is 1. The fraction of sp³-hybridized carbons (Fsp3) is 0.548. The molecule has 0 saturated carbocycles. The normalized spacial score (nSPS) is 12.2. The van der Waals surface area contributed by atoms with Gasteiger partial charge in [-0.05, 0) is 47.6 Å². The molecule has 0 fully saturated rings. The standard InChI is InChI=1S/C31H45NO5/c1-6-8-9-10-11-20-32(22-25-12-16-26(17-13-25)31(3,4)5)29(33)23-37-27-18-14-24(15-19-27)21-28(30(34)35)36-7-2/h12-19,28H,6-11,20-23H2,1-5H3,(H,34,35)/t28-/m0/s1. The number of unbranched alkanes of at least 4 members (excludes halogenated alkanes) is 4. The van der Waals surface area contributed by atoms with E-state index in [0.717, 1.165) is 24.0 Å². The molecule has 2 rings (SSSR count). The summed E-state index contributed by atoms with van der Waals surface area (Å²) in [7, 11) is 0. The van der Waals surface area contributed by atoms with E-state index in [4.69, 9.17) is 9.47 Å². The first-order valence-corrected chi connectivity index (χ1v) is 13.6.